The van der Waals surface area contributed by atoms with E-state index in [4.69, 9.17) is 21.5 Å². The van der Waals surface area contributed by atoms with Gasteiger partial charge in [-0.3, -0.25) is 10.0 Å². The number of rotatable bonds is 2. The van der Waals surface area contributed by atoms with Crippen molar-refractivity contribution in [2.45, 2.75) is 6.23 Å². The van der Waals surface area contributed by atoms with Crippen molar-refractivity contribution in [1.82, 2.24) is 10.5 Å². The summed E-state index contributed by atoms with van der Waals surface area (Å²) in [6.45, 7) is 0. The van der Waals surface area contributed by atoms with Crippen LogP contribution in [0.1, 0.15) is 22.1 Å². The molecule has 3 rings (SSSR count). The van der Waals surface area contributed by atoms with E-state index in [1.54, 1.807) is 42.0 Å². The predicted octanol–water partition coefficient (Wildman–Crippen LogP) is 2.36. The Labute approximate surface area is 119 Å². The Morgan fingerprint density at radius 1 is 1.40 bits per heavy atom. The number of amides is 1. The van der Waals surface area contributed by atoms with E-state index >= 15 is 0 Å². The quantitative estimate of drug-likeness (QED) is 0.449. The number of nitrogens with one attached hydrogen (secondary N) is 2. The van der Waals surface area contributed by atoms with Gasteiger partial charge in [-0.15, -0.1) is 0 Å². The summed E-state index contributed by atoms with van der Waals surface area (Å²) in [5.41, 5.74) is 3.47. The summed E-state index contributed by atoms with van der Waals surface area (Å²) in [4.78, 5) is 15.3. The summed E-state index contributed by atoms with van der Waals surface area (Å²) >= 11 is 5.74. The van der Waals surface area contributed by atoms with Crippen molar-refractivity contribution in [3.63, 3.8) is 0 Å². The highest BCUT2D eigenvalue weighted by atomic mass is 35.5. The van der Waals surface area contributed by atoms with Crippen LogP contribution in [0.15, 0.2) is 36.5 Å². The van der Waals surface area contributed by atoms with Gasteiger partial charge in [0.2, 0.25) is 0 Å². The minimum absolute atomic E-state index is 0.308. The Kier molecular flexibility index (Phi) is 3.17. The molecule has 1 aromatic heterocycles. The Bertz CT molecular complexity index is 660. The average molecular weight is 292 g/mol. The largest absolute Gasteiger partial charge is 0.464 e. The minimum Gasteiger partial charge on any atom is -0.464 e. The van der Waals surface area contributed by atoms with Crippen molar-refractivity contribution < 1.29 is 14.7 Å². The summed E-state index contributed by atoms with van der Waals surface area (Å²) in [5, 5.41) is 12.2. The Morgan fingerprint density at radius 2 is 2.25 bits per heavy atom. The standard InChI is InChI=1S/C13H10ClN3O3/c14-11-4-2-8(6-15-11)13-16-9-3-1-7(12(18)17-19)5-10(9)20-13/h1-6,13,16,19H,(H,17,18). The number of halogens is 1. The highest BCUT2D eigenvalue weighted by molar-refractivity contribution is 6.29. The Hall–Kier alpha value is -2.31. The lowest BCUT2D eigenvalue weighted by molar-refractivity contribution is 0.0706. The maximum atomic E-state index is 11.3. The summed E-state index contributed by atoms with van der Waals surface area (Å²) in [5.74, 6) is -0.0564. The van der Waals surface area contributed by atoms with Crippen molar-refractivity contribution in [3.8, 4) is 5.75 Å². The first-order valence-electron chi connectivity index (χ1n) is 5.80. The number of anilines is 1. The minimum atomic E-state index is -0.590. The van der Waals surface area contributed by atoms with E-state index < -0.39 is 5.91 Å². The summed E-state index contributed by atoms with van der Waals surface area (Å²) in [6, 6.07) is 8.33. The number of pyridine rings is 1. The molecule has 0 fully saturated rings. The zero-order chi connectivity index (χ0) is 14.1. The molecule has 0 saturated carbocycles. The van der Waals surface area contributed by atoms with Crippen LogP contribution in [0.2, 0.25) is 5.15 Å². The van der Waals surface area contributed by atoms with Gasteiger partial charge in [-0.1, -0.05) is 11.6 Å². The number of ether oxygens (including phenoxy) is 1. The number of carbonyl (C=O) groups is 1. The molecule has 7 heteroatoms. The molecular weight excluding hydrogens is 282 g/mol. The third kappa shape index (κ3) is 2.26. The molecule has 1 aliphatic heterocycles. The third-order valence-corrected chi connectivity index (χ3v) is 3.15. The number of carbonyl (C=O) groups excluding carboxylic acids is 1. The smallest absolute Gasteiger partial charge is 0.274 e. The molecule has 0 bridgehead atoms. The second-order valence-electron chi connectivity index (χ2n) is 4.21. The number of hydrogen-bond acceptors (Lipinski definition) is 5. The van der Waals surface area contributed by atoms with Gasteiger partial charge in [0.05, 0.1) is 5.69 Å². The molecular formula is C13H10ClN3O3. The number of hydroxylamine groups is 1. The average Bonchev–Trinajstić information content (AvgIpc) is 2.90. The van der Waals surface area contributed by atoms with Gasteiger partial charge in [0.1, 0.15) is 10.9 Å². The Morgan fingerprint density at radius 3 is 2.95 bits per heavy atom. The van der Waals surface area contributed by atoms with Crippen LogP contribution in [0.25, 0.3) is 0 Å². The molecule has 0 spiro atoms. The number of benzene rings is 1. The second kappa shape index (κ2) is 4.99. The maximum Gasteiger partial charge on any atom is 0.274 e. The number of nitrogens with zero attached hydrogens (tertiary/aromatic N) is 1. The van der Waals surface area contributed by atoms with Crippen LogP contribution in [0.5, 0.6) is 5.75 Å². The normalized spacial score (nSPS) is 16.0. The molecule has 3 N–H and O–H groups in total. The monoisotopic (exact) mass is 291 g/mol. The van der Waals surface area contributed by atoms with Crippen LogP contribution < -0.4 is 15.5 Å². The van der Waals surface area contributed by atoms with E-state index in [-0.39, 0.29) is 6.23 Å². The highest BCUT2D eigenvalue weighted by Crippen LogP contribution is 2.38. The van der Waals surface area contributed by atoms with Gasteiger partial charge >= 0.3 is 0 Å². The van der Waals surface area contributed by atoms with E-state index in [9.17, 15) is 4.79 Å². The van der Waals surface area contributed by atoms with Crippen LogP contribution in [-0.4, -0.2) is 16.1 Å². The van der Waals surface area contributed by atoms with Gasteiger partial charge in [0.25, 0.3) is 5.91 Å². The fourth-order valence-electron chi connectivity index (χ4n) is 1.94. The van der Waals surface area contributed by atoms with Crippen molar-refractivity contribution in [2.75, 3.05) is 5.32 Å². The summed E-state index contributed by atoms with van der Waals surface area (Å²) in [7, 11) is 0. The van der Waals surface area contributed by atoms with Crippen molar-refractivity contribution in [3.05, 3.63) is 52.8 Å². The number of hydrogen-bond donors (Lipinski definition) is 3. The van der Waals surface area contributed by atoms with Crippen LogP contribution in [0, 0.1) is 0 Å². The molecule has 0 aliphatic carbocycles. The predicted molar refractivity (Wildman–Crippen MR) is 71.9 cm³/mol. The van der Waals surface area contributed by atoms with E-state index in [1.807, 2.05) is 0 Å². The van der Waals surface area contributed by atoms with Crippen LogP contribution in [-0.2, 0) is 0 Å². The van der Waals surface area contributed by atoms with Gasteiger partial charge in [0, 0.05) is 17.3 Å². The maximum absolute atomic E-state index is 11.3. The molecule has 0 saturated heterocycles. The van der Waals surface area contributed by atoms with Crippen molar-refractivity contribution >= 4 is 23.2 Å². The van der Waals surface area contributed by atoms with Crippen LogP contribution in [0.4, 0.5) is 5.69 Å². The van der Waals surface area contributed by atoms with Gasteiger partial charge < -0.3 is 10.1 Å². The SMILES string of the molecule is O=C(NO)c1ccc2c(c1)OC(c1ccc(Cl)nc1)N2. The van der Waals surface area contributed by atoms with Gasteiger partial charge in [-0.05, 0) is 30.3 Å². The molecule has 102 valence electrons. The molecule has 1 atom stereocenters. The second-order valence-corrected chi connectivity index (χ2v) is 4.60. The molecule has 2 aromatic rings. The molecule has 1 amide bonds. The van der Waals surface area contributed by atoms with E-state index in [0.29, 0.717) is 16.5 Å². The van der Waals surface area contributed by atoms with Crippen molar-refractivity contribution in [2.24, 2.45) is 0 Å². The zero-order valence-electron chi connectivity index (χ0n) is 10.1. The first-order chi connectivity index (χ1) is 9.67. The van der Waals surface area contributed by atoms with Gasteiger partial charge in [0.15, 0.2) is 6.23 Å². The van der Waals surface area contributed by atoms with E-state index in [2.05, 4.69) is 10.3 Å². The summed E-state index contributed by atoms with van der Waals surface area (Å²) < 4.78 is 5.71. The molecule has 1 unspecified atom stereocenters. The molecule has 1 aromatic carbocycles. The van der Waals surface area contributed by atoms with E-state index in [0.717, 1.165) is 11.3 Å². The molecule has 6 nitrogen and oxygen atoms in total. The fraction of sp³-hybridized carbons (Fsp3) is 0.0769. The molecule has 20 heavy (non-hydrogen) atoms. The van der Waals surface area contributed by atoms with Crippen LogP contribution >= 0.6 is 11.6 Å². The number of aromatic nitrogens is 1. The van der Waals surface area contributed by atoms with E-state index in [1.165, 1.54) is 0 Å². The third-order valence-electron chi connectivity index (χ3n) is 2.93. The lowest BCUT2D eigenvalue weighted by atomic mass is 10.2. The fourth-order valence-corrected chi connectivity index (χ4v) is 2.05. The first-order valence-corrected chi connectivity index (χ1v) is 6.18. The zero-order valence-corrected chi connectivity index (χ0v) is 10.9. The lowest BCUT2D eigenvalue weighted by Gasteiger charge is -2.10. The molecule has 2 heterocycles. The highest BCUT2D eigenvalue weighted by Gasteiger charge is 2.24. The van der Waals surface area contributed by atoms with Crippen molar-refractivity contribution in [1.29, 1.82) is 0 Å². The summed E-state index contributed by atoms with van der Waals surface area (Å²) in [6.07, 6.45) is 1.23. The Balaban J connectivity index is 1.85. The number of fused-ring (bicyclic) bond motifs is 1. The molecule has 1 aliphatic rings. The topological polar surface area (TPSA) is 83.5 Å². The lowest BCUT2D eigenvalue weighted by Crippen LogP contribution is -2.18. The first kappa shape index (κ1) is 12.7. The molecule has 0 radical (unpaired) electrons. The van der Waals surface area contributed by atoms with Gasteiger partial charge in [-0.25, -0.2) is 10.5 Å². The van der Waals surface area contributed by atoms with Gasteiger partial charge in [-0.2, -0.15) is 0 Å². The van der Waals surface area contributed by atoms with Crippen LogP contribution in [0.3, 0.4) is 0 Å².